The minimum absolute atomic E-state index is 0.128. The van der Waals surface area contributed by atoms with Crippen molar-refractivity contribution in [2.24, 2.45) is 0 Å². The van der Waals surface area contributed by atoms with Crippen LogP contribution in [-0.2, 0) is 0 Å². The van der Waals surface area contributed by atoms with Gasteiger partial charge in [0.2, 0.25) is 0 Å². The van der Waals surface area contributed by atoms with Gasteiger partial charge in [0.15, 0.2) is 0 Å². The molecular weight excluding hydrogens is 256 g/mol. The smallest absolute Gasteiger partial charge is 0.336 e. The van der Waals surface area contributed by atoms with Crippen LogP contribution in [0.3, 0.4) is 0 Å². The van der Waals surface area contributed by atoms with E-state index in [2.05, 4.69) is 13.2 Å². The highest BCUT2D eigenvalue weighted by atomic mass is 16.5. The van der Waals surface area contributed by atoms with Gasteiger partial charge in [0.25, 0.3) is 0 Å². The first-order chi connectivity index (χ1) is 9.63. The maximum absolute atomic E-state index is 11.4. The molecule has 4 heteroatoms. The van der Waals surface area contributed by atoms with E-state index in [1.165, 1.54) is 6.07 Å². The molecule has 1 rings (SSSR count). The second kappa shape index (κ2) is 7.84. The predicted octanol–water partition coefficient (Wildman–Crippen LogP) is 3.55. The van der Waals surface area contributed by atoms with Gasteiger partial charge in [-0.3, -0.25) is 0 Å². The molecule has 0 aliphatic heterocycles. The summed E-state index contributed by atoms with van der Waals surface area (Å²) >= 11 is 0. The summed E-state index contributed by atoms with van der Waals surface area (Å²) < 4.78 is 10.9. The molecule has 1 N–H and O–H groups in total. The summed E-state index contributed by atoms with van der Waals surface area (Å²) in [6.07, 6.45) is 6.63. The molecule has 0 unspecified atom stereocenters. The number of rotatable bonds is 8. The minimum Gasteiger partial charge on any atom is -0.489 e. The van der Waals surface area contributed by atoms with Crippen LogP contribution in [0.25, 0.3) is 6.08 Å². The van der Waals surface area contributed by atoms with Gasteiger partial charge < -0.3 is 14.6 Å². The van der Waals surface area contributed by atoms with Crippen molar-refractivity contribution in [3.63, 3.8) is 0 Å². The quantitative estimate of drug-likeness (QED) is 0.736. The second-order valence-corrected chi connectivity index (χ2v) is 3.89. The number of aromatic carboxylic acids is 1. The summed E-state index contributed by atoms with van der Waals surface area (Å²) in [4.78, 5) is 11.4. The van der Waals surface area contributed by atoms with E-state index >= 15 is 0 Å². The lowest BCUT2D eigenvalue weighted by atomic mass is 10.0. The third-order valence-corrected chi connectivity index (χ3v) is 2.40. The van der Waals surface area contributed by atoms with Crippen molar-refractivity contribution in [1.29, 1.82) is 0 Å². The van der Waals surface area contributed by atoms with Gasteiger partial charge in [-0.1, -0.05) is 37.5 Å². The van der Waals surface area contributed by atoms with Crippen molar-refractivity contribution < 1.29 is 19.4 Å². The van der Waals surface area contributed by atoms with E-state index in [9.17, 15) is 9.90 Å². The van der Waals surface area contributed by atoms with Crippen LogP contribution in [0.5, 0.6) is 11.5 Å². The van der Waals surface area contributed by atoms with Gasteiger partial charge in [0, 0.05) is 11.6 Å². The second-order valence-electron chi connectivity index (χ2n) is 3.89. The monoisotopic (exact) mass is 274 g/mol. The minimum atomic E-state index is -1.04. The maximum atomic E-state index is 11.4. The highest BCUT2D eigenvalue weighted by Gasteiger charge is 2.16. The number of ether oxygens (including phenoxy) is 2. The molecule has 0 saturated carbocycles. The molecule has 0 saturated heterocycles. The summed E-state index contributed by atoms with van der Waals surface area (Å²) in [5.74, 6) is -0.165. The third-order valence-electron chi connectivity index (χ3n) is 2.40. The first kappa shape index (κ1) is 15.6. The largest absolute Gasteiger partial charge is 0.489 e. The van der Waals surface area contributed by atoms with E-state index < -0.39 is 5.97 Å². The number of benzene rings is 1. The summed E-state index contributed by atoms with van der Waals surface area (Å²) in [6, 6.07) is 3.14. The lowest BCUT2D eigenvalue weighted by Crippen LogP contribution is -2.05. The molecule has 20 heavy (non-hydrogen) atoms. The summed E-state index contributed by atoms with van der Waals surface area (Å²) in [6.45, 7) is 9.52. The Morgan fingerprint density at radius 3 is 2.45 bits per heavy atom. The lowest BCUT2D eigenvalue weighted by Gasteiger charge is -2.13. The normalized spacial score (nSPS) is 10.2. The number of carboxylic acids is 1. The number of carboxylic acid groups (broad SMARTS) is 1. The van der Waals surface area contributed by atoms with E-state index in [4.69, 9.17) is 9.47 Å². The van der Waals surface area contributed by atoms with Gasteiger partial charge in [-0.2, -0.15) is 0 Å². The van der Waals surface area contributed by atoms with Gasteiger partial charge in [-0.05, 0) is 13.0 Å². The van der Waals surface area contributed by atoms with E-state index in [0.29, 0.717) is 23.7 Å². The first-order valence-electron chi connectivity index (χ1n) is 6.15. The number of hydrogen-bond donors (Lipinski definition) is 1. The van der Waals surface area contributed by atoms with Crippen molar-refractivity contribution in [3.05, 3.63) is 54.6 Å². The van der Waals surface area contributed by atoms with Crippen molar-refractivity contribution in [1.82, 2.24) is 0 Å². The molecule has 1 aromatic carbocycles. The van der Waals surface area contributed by atoms with Crippen LogP contribution in [0, 0.1) is 0 Å². The standard InChI is InChI=1S/C16H18O4/c1-4-7-13-14(16(17)18)10-12(19-8-5-2)11-15(13)20-9-6-3/h4-7,10-11H,2-3,8-9H2,1H3,(H,17,18)/b7-4-. The van der Waals surface area contributed by atoms with Crippen molar-refractivity contribution in [2.45, 2.75) is 6.92 Å². The van der Waals surface area contributed by atoms with Gasteiger partial charge in [-0.25, -0.2) is 4.79 Å². The van der Waals surface area contributed by atoms with Crippen LogP contribution in [0.15, 0.2) is 43.5 Å². The molecule has 0 aliphatic rings. The average molecular weight is 274 g/mol. The molecule has 0 amide bonds. The molecule has 0 spiro atoms. The molecule has 0 atom stereocenters. The summed E-state index contributed by atoms with van der Waals surface area (Å²) in [7, 11) is 0. The molecule has 1 aromatic rings. The first-order valence-corrected chi connectivity index (χ1v) is 6.15. The van der Waals surface area contributed by atoms with Crippen LogP contribution >= 0.6 is 0 Å². The Bertz CT molecular complexity index is 530. The van der Waals surface area contributed by atoms with E-state index in [-0.39, 0.29) is 12.2 Å². The number of allylic oxidation sites excluding steroid dienone is 1. The van der Waals surface area contributed by atoms with Crippen molar-refractivity contribution in [2.75, 3.05) is 13.2 Å². The average Bonchev–Trinajstić information content (AvgIpc) is 2.44. The van der Waals surface area contributed by atoms with E-state index in [1.807, 2.05) is 6.92 Å². The fourth-order valence-electron chi connectivity index (χ4n) is 1.62. The van der Waals surface area contributed by atoms with Gasteiger partial charge in [-0.15, -0.1) is 0 Å². The Labute approximate surface area is 118 Å². The Morgan fingerprint density at radius 2 is 1.90 bits per heavy atom. The zero-order valence-electron chi connectivity index (χ0n) is 11.5. The maximum Gasteiger partial charge on any atom is 0.336 e. The van der Waals surface area contributed by atoms with Crippen LogP contribution in [0.4, 0.5) is 0 Å². The van der Waals surface area contributed by atoms with E-state index in [1.54, 1.807) is 30.4 Å². The molecule has 0 heterocycles. The van der Waals surface area contributed by atoms with Crippen LogP contribution < -0.4 is 9.47 Å². The fraction of sp³-hybridized carbons (Fsp3) is 0.188. The zero-order valence-corrected chi connectivity index (χ0v) is 11.5. The Kier molecular flexibility index (Phi) is 6.10. The molecule has 0 fully saturated rings. The molecular formula is C16H18O4. The molecule has 0 aromatic heterocycles. The van der Waals surface area contributed by atoms with Gasteiger partial charge >= 0.3 is 5.97 Å². The van der Waals surface area contributed by atoms with Crippen molar-refractivity contribution >= 4 is 12.0 Å². The molecule has 0 radical (unpaired) electrons. The fourth-order valence-corrected chi connectivity index (χ4v) is 1.62. The third kappa shape index (κ3) is 4.02. The van der Waals surface area contributed by atoms with Crippen LogP contribution in [0.2, 0.25) is 0 Å². The SMILES string of the molecule is C=CCOc1cc(OCC=C)c(/C=C\C)c(C(=O)O)c1. The molecule has 106 valence electrons. The summed E-state index contributed by atoms with van der Waals surface area (Å²) in [5.41, 5.74) is 0.636. The highest BCUT2D eigenvalue weighted by molar-refractivity contribution is 5.94. The number of hydrogen-bond acceptors (Lipinski definition) is 3. The van der Waals surface area contributed by atoms with Gasteiger partial charge in [0.05, 0.1) is 5.56 Å². The molecule has 4 nitrogen and oxygen atoms in total. The topological polar surface area (TPSA) is 55.8 Å². The molecule has 0 aliphatic carbocycles. The number of carbonyl (C=O) groups is 1. The zero-order chi connectivity index (χ0) is 15.0. The van der Waals surface area contributed by atoms with Crippen LogP contribution in [0.1, 0.15) is 22.8 Å². The summed E-state index contributed by atoms with van der Waals surface area (Å²) in [5, 5.41) is 9.31. The van der Waals surface area contributed by atoms with Gasteiger partial charge in [0.1, 0.15) is 24.7 Å². The Balaban J connectivity index is 3.32. The van der Waals surface area contributed by atoms with E-state index in [0.717, 1.165) is 0 Å². The van der Waals surface area contributed by atoms with Crippen molar-refractivity contribution in [3.8, 4) is 11.5 Å². The highest BCUT2D eigenvalue weighted by Crippen LogP contribution is 2.30. The Morgan fingerprint density at radius 1 is 1.25 bits per heavy atom. The predicted molar refractivity (Wildman–Crippen MR) is 79.5 cm³/mol. The lowest BCUT2D eigenvalue weighted by molar-refractivity contribution is 0.0695. The Hall–Kier alpha value is -2.49. The molecule has 0 bridgehead atoms. The van der Waals surface area contributed by atoms with Crippen LogP contribution in [-0.4, -0.2) is 24.3 Å².